The number of nitrogens with zero attached hydrogens (tertiary/aromatic N) is 1. The van der Waals surface area contributed by atoms with Crippen molar-refractivity contribution >= 4 is 11.8 Å². The normalized spacial score (nSPS) is 20.2. The van der Waals surface area contributed by atoms with Crippen LogP contribution >= 0.6 is 11.8 Å². The molecule has 1 aliphatic rings. The number of pyridine rings is 1. The predicted octanol–water partition coefficient (Wildman–Crippen LogP) is 2.47. The van der Waals surface area contributed by atoms with E-state index < -0.39 is 0 Å². The fourth-order valence-electron chi connectivity index (χ4n) is 1.98. The van der Waals surface area contributed by atoms with Gasteiger partial charge in [0.05, 0.1) is 7.11 Å². The molecule has 3 nitrogen and oxygen atoms in total. The molecule has 1 aromatic heterocycles. The first-order valence-corrected chi connectivity index (χ1v) is 7.24. The van der Waals surface area contributed by atoms with Crippen LogP contribution in [0.15, 0.2) is 18.3 Å². The van der Waals surface area contributed by atoms with Gasteiger partial charge < -0.3 is 10.1 Å². The smallest absolute Gasteiger partial charge is 0.212 e. The Hall–Kier alpha value is -0.740. The minimum absolute atomic E-state index is 0.677. The van der Waals surface area contributed by atoms with Crippen molar-refractivity contribution in [2.45, 2.75) is 31.1 Å². The van der Waals surface area contributed by atoms with Crippen LogP contribution in [0.3, 0.4) is 0 Å². The van der Waals surface area contributed by atoms with E-state index in [1.54, 1.807) is 7.11 Å². The molecule has 94 valence electrons. The van der Waals surface area contributed by atoms with Crippen LogP contribution in [0.25, 0.3) is 0 Å². The van der Waals surface area contributed by atoms with Gasteiger partial charge in [-0.25, -0.2) is 4.98 Å². The number of nitrogens with one attached hydrogen (secondary N) is 1. The van der Waals surface area contributed by atoms with Crippen molar-refractivity contribution in [1.29, 1.82) is 0 Å². The first-order chi connectivity index (χ1) is 8.38. The Bertz CT molecular complexity index is 323. The maximum atomic E-state index is 5.03. The third-order valence-electron chi connectivity index (χ3n) is 2.98. The largest absolute Gasteiger partial charge is 0.481 e. The van der Waals surface area contributed by atoms with E-state index in [1.165, 1.54) is 30.6 Å². The number of hydrogen-bond acceptors (Lipinski definition) is 4. The van der Waals surface area contributed by atoms with Crippen LogP contribution in [0.4, 0.5) is 0 Å². The lowest BCUT2D eigenvalue weighted by Gasteiger charge is -2.21. The molecule has 0 amide bonds. The monoisotopic (exact) mass is 252 g/mol. The Labute approximate surface area is 107 Å². The molecular weight excluding hydrogens is 232 g/mol. The maximum Gasteiger partial charge on any atom is 0.212 e. The SMILES string of the molecule is COc1ccc(CNCC2CCCCS2)cn1. The summed E-state index contributed by atoms with van der Waals surface area (Å²) in [7, 11) is 1.64. The molecule has 1 saturated heterocycles. The van der Waals surface area contributed by atoms with Gasteiger partial charge in [0, 0.05) is 30.6 Å². The second kappa shape index (κ2) is 6.87. The van der Waals surface area contributed by atoms with Gasteiger partial charge in [0.1, 0.15) is 0 Å². The number of rotatable bonds is 5. The highest BCUT2D eigenvalue weighted by Crippen LogP contribution is 2.24. The Morgan fingerprint density at radius 2 is 2.41 bits per heavy atom. The molecular formula is C13H20N2OS. The van der Waals surface area contributed by atoms with Gasteiger partial charge in [0.25, 0.3) is 0 Å². The highest BCUT2D eigenvalue weighted by Gasteiger charge is 2.12. The summed E-state index contributed by atoms with van der Waals surface area (Å²) < 4.78 is 5.03. The molecule has 1 fully saturated rings. The lowest BCUT2D eigenvalue weighted by atomic mass is 10.2. The summed E-state index contributed by atoms with van der Waals surface area (Å²) >= 11 is 2.11. The van der Waals surface area contributed by atoms with Crippen LogP contribution < -0.4 is 10.1 Å². The molecule has 0 saturated carbocycles. The average molecular weight is 252 g/mol. The number of thioether (sulfide) groups is 1. The molecule has 0 radical (unpaired) electrons. The summed E-state index contributed by atoms with van der Waals surface area (Å²) in [6.45, 7) is 2.00. The summed E-state index contributed by atoms with van der Waals surface area (Å²) in [6.07, 6.45) is 6.02. The minimum atomic E-state index is 0.677. The number of aromatic nitrogens is 1. The highest BCUT2D eigenvalue weighted by molar-refractivity contribution is 7.99. The molecule has 0 aliphatic carbocycles. The van der Waals surface area contributed by atoms with E-state index in [1.807, 2.05) is 12.3 Å². The van der Waals surface area contributed by atoms with E-state index >= 15 is 0 Å². The van der Waals surface area contributed by atoms with E-state index in [0.717, 1.165) is 18.3 Å². The lowest BCUT2D eigenvalue weighted by Crippen LogP contribution is -2.26. The molecule has 0 aromatic carbocycles. The molecule has 1 N–H and O–H groups in total. The fourth-order valence-corrected chi connectivity index (χ4v) is 3.26. The molecule has 2 rings (SSSR count). The van der Waals surface area contributed by atoms with Crippen molar-refractivity contribution in [1.82, 2.24) is 10.3 Å². The van der Waals surface area contributed by atoms with E-state index in [-0.39, 0.29) is 0 Å². The number of hydrogen-bond donors (Lipinski definition) is 1. The molecule has 0 spiro atoms. The van der Waals surface area contributed by atoms with E-state index in [2.05, 4.69) is 28.1 Å². The van der Waals surface area contributed by atoms with Crippen molar-refractivity contribution < 1.29 is 4.74 Å². The molecule has 1 atom stereocenters. The quantitative estimate of drug-likeness (QED) is 0.873. The van der Waals surface area contributed by atoms with E-state index in [9.17, 15) is 0 Å². The highest BCUT2D eigenvalue weighted by atomic mass is 32.2. The molecule has 1 unspecified atom stereocenters. The van der Waals surface area contributed by atoms with Crippen LogP contribution in [-0.4, -0.2) is 29.6 Å². The summed E-state index contributed by atoms with van der Waals surface area (Å²) in [5.41, 5.74) is 1.21. The van der Waals surface area contributed by atoms with Crippen molar-refractivity contribution in [3.05, 3.63) is 23.9 Å². The molecule has 0 bridgehead atoms. The third kappa shape index (κ3) is 4.21. The zero-order chi connectivity index (χ0) is 11.9. The first-order valence-electron chi connectivity index (χ1n) is 6.20. The summed E-state index contributed by atoms with van der Waals surface area (Å²) in [5, 5.41) is 4.31. The van der Waals surface area contributed by atoms with Crippen molar-refractivity contribution in [2.75, 3.05) is 19.4 Å². The topological polar surface area (TPSA) is 34.1 Å². The van der Waals surface area contributed by atoms with Crippen molar-refractivity contribution in [3.8, 4) is 5.88 Å². The second-order valence-electron chi connectivity index (χ2n) is 4.33. The maximum absolute atomic E-state index is 5.03. The van der Waals surface area contributed by atoms with Crippen molar-refractivity contribution in [3.63, 3.8) is 0 Å². The molecule has 17 heavy (non-hydrogen) atoms. The van der Waals surface area contributed by atoms with Crippen molar-refractivity contribution in [2.24, 2.45) is 0 Å². The summed E-state index contributed by atoms with van der Waals surface area (Å²) in [5.74, 6) is 2.01. The number of ether oxygens (including phenoxy) is 1. The van der Waals surface area contributed by atoms with Gasteiger partial charge in [-0.15, -0.1) is 0 Å². The molecule has 4 heteroatoms. The average Bonchev–Trinajstić information content (AvgIpc) is 2.41. The van der Waals surface area contributed by atoms with Crippen LogP contribution in [0.5, 0.6) is 5.88 Å². The Morgan fingerprint density at radius 3 is 3.06 bits per heavy atom. The van der Waals surface area contributed by atoms with Gasteiger partial charge >= 0.3 is 0 Å². The summed E-state index contributed by atoms with van der Waals surface area (Å²) in [4.78, 5) is 4.20. The Kier molecular flexibility index (Phi) is 5.13. The lowest BCUT2D eigenvalue weighted by molar-refractivity contribution is 0.397. The first kappa shape index (κ1) is 12.7. The van der Waals surface area contributed by atoms with Gasteiger partial charge in [-0.2, -0.15) is 11.8 Å². The Balaban J connectivity index is 1.69. The van der Waals surface area contributed by atoms with Crippen LogP contribution in [0.1, 0.15) is 24.8 Å². The fraction of sp³-hybridized carbons (Fsp3) is 0.615. The molecule has 1 aliphatic heterocycles. The molecule has 1 aromatic rings. The zero-order valence-corrected chi connectivity index (χ0v) is 11.1. The second-order valence-corrected chi connectivity index (χ2v) is 5.74. The Morgan fingerprint density at radius 1 is 1.47 bits per heavy atom. The third-order valence-corrected chi connectivity index (χ3v) is 4.38. The van der Waals surface area contributed by atoms with E-state index in [0.29, 0.717) is 5.88 Å². The van der Waals surface area contributed by atoms with Crippen LogP contribution in [-0.2, 0) is 6.54 Å². The van der Waals surface area contributed by atoms with Gasteiger partial charge in [-0.1, -0.05) is 12.5 Å². The minimum Gasteiger partial charge on any atom is -0.481 e. The van der Waals surface area contributed by atoms with Gasteiger partial charge in [0.2, 0.25) is 5.88 Å². The van der Waals surface area contributed by atoms with Gasteiger partial charge in [-0.05, 0) is 24.2 Å². The van der Waals surface area contributed by atoms with Gasteiger partial charge in [0.15, 0.2) is 0 Å². The van der Waals surface area contributed by atoms with Crippen LogP contribution in [0, 0.1) is 0 Å². The molecule has 2 heterocycles. The zero-order valence-electron chi connectivity index (χ0n) is 10.3. The standard InChI is InChI=1S/C13H20N2OS/c1-16-13-6-5-11(9-15-13)8-14-10-12-4-2-3-7-17-12/h5-6,9,12,14H,2-4,7-8,10H2,1H3. The summed E-state index contributed by atoms with van der Waals surface area (Å²) in [6, 6.07) is 3.97. The van der Waals surface area contributed by atoms with E-state index in [4.69, 9.17) is 4.74 Å². The number of methoxy groups -OCH3 is 1. The van der Waals surface area contributed by atoms with Gasteiger partial charge in [-0.3, -0.25) is 0 Å². The van der Waals surface area contributed by atoms with Crippen LogP contribution in [0.2, 0.25) is 0 Å². The predicted molar refractivity (Wildman–Crippen MR) is 72.6 cm³/mol.